The topological polar surface area (TPSA) is 76.0 Å². The summed E-state index contributed by atoms with van der Waals surface area (Å²) in [5.41, 5.74) is 0. The van der Waals surface area contributed by atoms with E-state index in [9.17, 15) is 15.0 Å². The zero-order valence-electron chi connectivity index (χ0n) is 11.2. The van der Waals surface area contributed by atoms with Crippen molar-refractivity contribution in [1.82, 2.24) is 0 Å². The quantitative estimate of drug-likeness (QED) is 0.548. The van der Waals surface area contributed by atoms with E-state index in [0.29, 0.717) is 6.42 Å². The fourth-order valence-electron chi connectivity index (χ4n) is 1.81. The second-order valence-corrected chi connectivity index (χ2v) is 4.47. The zero-order valence-corrected chi connectivity index (χ0v) is 11.2. The van der Waals surface area contributed by atoms with E-state index in [1.807, 2.05) is 6.08 Å². The summed E-state index contributed by atoms with van der Waals surface area (Å²) >= 11 is 0. The lowest BCUT2D eigenvalue weighted by atomic mass is 10.1. The Balaban J connectivity index is 2.67. The number of hydrogen-bond donors (Lipinski definition) is 2. The Morgan fingerprint density at radius 1 is 1.26 bits per heavy atom. The van der Waals surface area contributed by atoms with Crippen LogP contribution in [-0.4, -0.2) is 48.2 Å². The van der Waals surface area contributed by atoms with Crippen molar-refractivity contribution in [3.05, 3.63) is 24.3 Å². The molecule has 0 aromatic heterocycles. The summed E-state index contributed by atoms with van der Waals surface area (Å²) < 4.78 is 10.1. The van der Waals surface area contributed by atoms with Gasteiger partial charge in [-0.1, -0.05) is 18.2 Å². The average molecular weight is 270 g/mol. The van der Waals surface area contributed by atoms with Crippen molar-refractivity contribution in [2.45, 2.75) is 44.0 Å². The van der Waals surface area contributed by atoms with Gasteiger partial charge in [-0.15, -0.1) is 0 Å². The third-order valence-electron chi connectivity index (χ3n) is 2.96. The van der Waals surface area contributed by atoms with Gasteiger partial charge in [0.1, 0.15) is 24.9 Å². The van der Waals surface area contributed by atoms with Crippen molar-refractivity contribution in [2.24, 2.45) is 0 Å². The molecule has 2 N–H and O–H groups in total. The van der Waals surface area contributed by atoms with Crippen molar-refractivity contribution in [3.63, 3.8) is 0 Å². The maximum Gasteiger partial charge on any atom is 0.306 e. The van der Waals surface area contributed by atoms with Gasteiger partial charge in [0.2, 0.25) is 0 Å². The third-order valence-corrected chi connectivity index (χ3v) is 2.96. The number of hydrogen-bond acceptors (Lipinski definition) is 5. The molecular formula is C14H22O5. The van der Waals surface area contributed by atoms with Gasteiger partial charge >= 0.3 is 5.97 Å². The number of carbonyl (C=O) groups excluding carboxylic acids is 1. The van der Waals surface area contributed by atoms with E-state index in [1.54, 1.807) is 6.08 Å². The van der Waals surface area contributed by atoms with E-state index in [1.165, 1.54) is 19.3 Å². The smallest absolute Gasteiger partial charge is 0.306 e. The first-order chi connectivity index (χ1) is 9.15. The largest absolute Gasteiger partial charge is 0.461 e. The summed E-state index contributed by atoms with van der Waals surface area (Å²) in [6.07, 6.45) is 6.75. The highest BCUT2D eigenvalue weighted by atomic mass is 16.5. The molecular weight excluding hydrogens is 248 g/mol. The summed E-state index contributed by atoms with van der Waals surface area (Å²) in [7, 11) is 1.49. The number of ether oxygens (including phenoxy) is 2. The fourth-order valence-corrected chi connectivity index (χ4v) is 1.81. The maximum absolute atomic E-state index is 11.3. The molecule has 0 bridgehead atoms. The highest BCUT2D eigenvalue weighted by molar-refractivity contribution is 5.69. The van der Waals surface area contributed by atoms with E-state index in [2.05, 4.69) is 0 Å². The number of carbonyl (C=O) groups is 1. The molecule has 5 heteroatoms. The van der Waals surface area contributed by atoms with Crippen LogP contribution >= 0.6 is 0 Å². The maximum atomic E-state index is 11.3. The first kappa shape index (κ1) is 15.9. The lowest BCUT2D eigenvalue weighted by Gasteiger charge is -2.21. The van der Waals surface area contributed by atoms with Crippen LogP contribution in [-0.2, 0) is 14.3 Å². The zero-order chi connectivity index (χ0) is 14.1. The minimum absolute atomic E-state index is 0.107. The first-order valence-electron chi connectivity index (χ1n) is 6.53. The molecule has 3 atom stereocenters. The number of methoxy groups -OCH3 is 1. The van der Waals surface area contributed by atoms with Gasteiger partial charge in [0.05, 0.1) is 0 Å². The fraction of sp³-hybridized carbons (Fsp3) is 0.643. The number of cyclic esters (lactones) is 1. The number of allylic oxidation sites excluding steroid dienone is 1. The molecule has 0 fully saturated rings. The number of esters is 1. The molecule has 19 heavy (non-hydrogen) atoms. The van der Waals surface area contributed by atoms with E-state index in [-0.39, 0.29) is 12.6 Å². The summed E-state index contributed by atoms with van der Waals surface area (Å²) in [6, 6.07) is 0. The standard InChI is InChI=1S/C14H22O5/c1-18-12-8-4-2-3-5-9-13(16)19-10-6-7-11(15)14(12)17/h4,6-8,11-12,14-15,17H,2-3,5,9-10H2,1H3/b7-6+,8-4-/t11-,12?,14-/m0/s1. The minimum Gasteiger partial charge on any atom is -0.461 e. The van der Waals surface area contributed by atoms with Crippen molar-refractivity contribution in [2.75, 3.05) is 13.7 Å². The molecule has 0 aromatic rings. The van der Waals surface area contributed by atoms with Crippen LogP contribution in [0.2, 0.25) is 0 Å². The molecule has 1 unspecified atom stereocenters. The van der Waals surface area contributed by atoms with Gasteiger partial charge in [-0.05, 0) is 25.3 Å². The Bertz CT molecular complexity index is 324. The summed E-state index contributed by atoms with van der Waals surface area (Å²) in [5.74, 6) is -0.240. The summed E-state index contributed by atoms with van der Waals surface area (Å²) in [6.45, 7) is 0.107. The Kier molecular flexibility index (Phi) is 7.40. The molecule has 0 saturated heterocycles. The highest BCUT2D eigenvalue weighted by Crippen LogP contribution is 2.10. The van der Waals surface area contributed by atoms with Crippen molar-refractivity contribution < 1.29 is 24.5 Å². The molecule has 1 heterocycles. The van der Waals surface area contributed by atoms with Crippen LogP contribution in [0, 0.1) is 0 Å². The van der Waals surface area contributed by atoms with Gasteiger partial charge in [-0.3, -0.25) is 4.79 Å². The molecule has 1 rings (SSSR count). The lowest BCUT2D eigenvalue weighted by molar-refractivity contribution is -0.142. The predicted octanol–water partition coefficient (Wildman–Crippen LogP) is 0.953. The lowest BCUT2D eigenvalue weighted by Crippen LogP contribution is -2.36. The van der Waals surface area contributed by atoms with Crippen molar-refractivity contribution in [3.8, 4) is 0 Å². The molecule has 1 aliphatic rings. The number of aliphatic hydroxyl groups is 2. The average Bonchev–Trinajstić information content (AvgIpc) is 2.41. The Morgan fingerprint density at radius 2 is 2.05 bits per heavy atom. The van der Waals surface area contributed by atoms with Crippen LogP contribution in [0.3, 0.4) is 0 Å². The number of rotatable bonds is 1. The second-order valence-electron chi connectivity index (χ2n) is 4.47. The Hall–Kier alpha value is -1.17. The van der Waals surface area contributed by atoms with E-state index < -0.39 is 18.3 Å². The molecule has 0 aliphatic carbocycles. The first-order valence-corrected chi connectivity index (χ1v) is 6.53. The predicted molar refractivity (Wildman–Crippen MR) is 70.5 cm³/mol. The van der Waals surface area contributed by atoms with Crippen molar-refractivity contribution in [1.29, 1.82) is 0 Å². The second kappa shape index (κ2) is 8.85. The molecule has 0 spiro atoms. The Labute approximate surface area is 113 Å². The van der Waals surface area contributed by atoms with Crippen LogP contribution in [0.1, 0.15) is 25.7 Å². The molecule has 0 radical (unpaired) electrons. The molecule has 1 aliphatic heterocycles. The van der Waals surface area contributed by atoms with Gasteiger partial charge in [0, 0.05) is 13.5 Å². The van der Waals surface area contributed by atoms with Gasteiger partial charge in [-0.2, -0.15) is 0 Å². The third kappa shape index (κ3) is 6.00. The monoisotopic (exact) mass is 270 g/mol. The summed E-state index contributed by atoms with van der Waals surface area (Å²) in [4.78, 5) is 11.3. The van der Waals surface area contributed by atoms with Crippen LogP contribution in [0.5, 0.6) is 0 Å². The van der Waals surface area contributed by atoms with Crippen molar-refractivity contribution >= 4 is 5.97 Å². The van der Waals surface area contributed by atoms with Crippen LogP contribution < -0.4 is 0 Å². The molecule has 0 aromatic carbocycles. The SMILES string of the molecule is COC1/C=C\CCCCC(=O)OC/C=C/[C@H](O)[C@@H]1O. The van der Waals surface area contributed by atoms with Gasteiger partial charge in [0.15, 0.2) is 0 Å². The van der Waals surface area contributed by atoms with E-state index in [4.69, 9.17) is 9.47 Å². The normalized spacial score (nSPS) is 34.1. The van der Waals surface area contributed by atoms with Crippen LogP contribution in [0.4, 0.5) is 0 Å². The van der Waals surface area contributed by atoms with E-state index in [0.717, 1.165) is 19.3 Å². The highest BCUT2D eigenvalue weighted by Gasteiger charge is 2.22. The summed E-state index contributed by atoms with van der Waals surface area (Å²) in [5, 5.41) is 19.7. The molecule has 0 amide bonds. The molecule has 5 nitrogen and oxygen atoms in total. The van der Waals surface area contributed by atoms with Gasteiger partial charge < -0.3 is 19.7 Å². The van der Waals surface area contributed by atoms with Gasteiger partial charge in [0.25, 0.3) is 0 Å². The van der Waals surface area contributed by atoms with Gasteiger partial charge in [-0.25, -0.2) is 0 Å². The molecule has 0 saturated carbocycles. The molecule has 108 valence electrons. The minimum atomic E-state index is -1.06. The van der Waals surface area contributed by atoms with Crippen LogP contribution in [0.15, 0.2) is 24.3 Å². The number of aliphatic hydroxyl groups excluding tert-OH is 2. The Morgan fingerprint density at radius 3 is 2.79 bits per heavy atom. The van der Waals surface area contributed by atoms with Crippen LogP contribution in [0.25, 0.3) is 0 Å². The van der Waals surface area contributed by atoms with E-state index >= 15 is 0 Å².